The van der Waals surface area contributed by atoms with Crippen LogP contribution < -0.4 is 16.0 Å². The maximum absolute atomic E-state index is 13.0. The largest absolute Gasteiger partial charge is 0.378 e. The maximum Gasteiger partial charge on any atom is 0.243 e. The molecule has 2 amide bonds. The van der Waals surface area contributed by atoms with E-state index in [1.807, 2.05) is 36.6 Å². The first-order valence-electron chi connectivity index (χ1n) is 11.2. The predicted octanol–water partition coefficient (Wildman–Crippen LogP) is 3.98. The molecule has 1 aliphatic rings. The van der Waals surface area contributed by atoms with Gasteiger partial charge < -0.3 is 20.4 Å². The van der Waals surface area contributed by atoms with Crippen LogP contribution in [0, 0.1) is 33.6 Å². The number of pyridine rings is 1. The number of halogens is 1. The number of carbonyl (C=O) groups is 2. The van der Waals surface area contributed by atoms with Crippen LogP contribution in [0.5, 0.6) is 0 Å². The van der Waals surface area contributed by atoms with Crippen molar-refractivity contribution in [2.24, 2.45) is 5.92 Å². The average Bonchev–Trinajstić information content (AvgIpc) is 3.03. The van der Waals surface area contributed by atoms with Gasteiger partial charge in [-0.15, -0.1) is 0 Å². The maximum atomic E-state index is 13.0. The van der Waals surface area contributed by atoms with E-state index >= 15 is 0 Å². The van der Waals surface area contributed by atoms with Crippen LogP contribution >= 0.6 is 0 Å². The van der Waals surface area contributed by atoms with Gasteiger partial charge in [0.1, 0.15) is 6.17 Å². The molecule has 1 aromatic carbocycles. The molecule has 1 fully saturated rings. The Bertz CT molecular complexity index is 1190. The number of hydrogen-bond donors (Lipinski definition) is 3. The highest BCUT2D eigenvalue weighted by atomic mass is 19.1. The third-order valence-electron chi connectivity index (χ3n) is 6.45. The van der Waals surface area contributed by atoms with E-state index < -0.39 is 6.17 Å². The van der Waals surface area contributed by atoms with Gasteiger partial charge in [-0.3, -0.25) is 9.59 Å². The molecular formula is C25H30FN5O2. The van der Waals surface area contributed by atoms with Gasteiger partial charge in [0.05, 0.1) is 23.6 Å². The number of benzene rings is 1. The van der Waals surface area contributed by atoms with Crippen LogP contribution in [0.15, 0.2) is 30.5 Å². The minimum Gasteiger partial charge on any atom is -0.378 e. The number of hydrogen-bond acceptors (Lipinski definition) is 4. The van der Waals surface area contributed by atoms with Crippen LogP contribution in [0.25, 0.3) is 5.65 Å². The molecule has 4 rings (SSSR count). The van der Waals surface area contributed by atoms with Crippen LogP contribution in [0.4, 0.5) is 15.8 Å². The number of imidazole rings is 1. The Hall–Kier alpha value is -3.42. The number of aryl methyl sites for hydroxylation is 4. The van der Waals surface area contributed by atoms with Crippen molar-refractivity contribution in [2.45, 2.75) is 53.3 Å². The van der Waals surface area contributed by atoms with E-state index in [1.165, 1.54) is 16.7 Å². The summed E-state index contributed by atoms with van der Waals surface area (Å²) in [4.78, 5) is 29.2. The quantitative estimate of drug-likeness (QED) is 0.507. The second-order valence-corrected chi connectivity index (χ2v) is 8.87. The molecule has 0 aliphatic heterocycles. The Morgan fingerprint density at radius 2 is 1.85 bits per heavy atom. The van der Waals surface area contributed by atoms with E-state index in [4.69, 9.17) is 4.98 Å². The molecule has 7 nitrogen and oxygen atoms in total. The van der Waals surface area contributed by atoms with Crippen molar-refractivity contribution in [1.82, 2.24) is 14.7 Å². The van der Waals surface area contributed by atoms with Crippen molar-refractivity contribution in [3.8, 4) is 0 Å². The molecule has 2 heterocycles. The Morgan fingerprint density at radius 3 is 2.52 bits per heavy atom. The fourth-order valence-corrected chi connectivity index (χ4v) is 4.16. The topological polar surface area (TPSA) is 87.5 Å². The van der Waals surface area contributed by atoms with E-state index in [9.17, 15) is 14.0 Å². The molecule has 0 radical (unpaired) electrons. The number of nitrogens with one attached hydrogen (secondary N) is 3. The minimum atomic E-state index is -0.905. The lowest BCUT2D eigenvalue weighted by Crippen LogP contribution is -2.42. The molecule has 3 aromatic rings. The number of carbonyl (C=O) groups excluding carboxylic acids is 2. The van der Waals surface area contributed by atoms with Crippen molar-refractivity contribution in [3.05, 3.63) is 58.5 Å². The summed E-state index contributed by atoms with van der Waals surface area (Å²) in [7, 11) is 0. The fraction of sp³-hybridized carbons (Fsp3) is 0.400. The van der Waals surface area contributed by atoms with E-state index in [2.05, 4.69) is 41.9 Å². The molecule has 2 aromatic heterocycles. The zero-order valence-electron chi connectivity index (χ0n) is 19.5. The summed E-state index contributed by atoms with van der Waals surface area (Å²) < 4.78 is 14.9. The SMILES string of the molecule is Cc1cccc(C)c1CNc1cc(NC(=O)CNC(=O)C2CC(F)C2)cn2c(C)c(C)nc12. The highest BCUT2D eigenvalue weighted by Crippen LogP contribution is 2.30. The number of aromatic nitrogens is 2. The molecule has 0 unspecified atom stereocenters. The molecule has 0 bridgehead atoms. The first kappa shape index (κ1) is 22.8. The van der Waals surface area contributed by atoms with Crippen LogP contribution in [0.1, 0.15) is 40.9 Å². The van der Waals surface area contributed by atoms with E-state index in [0.29, 0.717) is 12.2 Å². The number of nitrogens with zero attached hydrogens (tertiary/aromatic N) is 2. The molecule has 1 aliphatic carbocycles. The molecule has 1 saturated carbocycles. The summed E-state index contributed by atoms with van der Waals surface area (Å²) in [6.07, 6.45) is 1.39. The van der Waals surface area contributed by atoms with Gasteiger partial charge in [-0.2, -0.15) is 0 Å². The van der Waals surface area contributed by atoms with Gasteiger partial charge in [-0.25, -0.2) is 9.37 Å². The van der Waals surface area contributed by atoms with Gasteiger partial charge in [0, 0.05) is 24.4 Å². The second-order valence-electron chi connectivity index (χ2n) is 8.87. The predicted molar refractivity (Wildman–Crippen MR) is 127 cm³/mol. The molecule has 3 N–H and O–H groups in total. The number of rotatable bonds is 7. The lowest BCUT2D eigenvalue weighted by atomic mass is 9.83. The highest BCUT2D eigenvalue weighted by molar-refractivity contribution is 5.95. The van der Waals surface area contributed by atoms with Crippen LogP contribution in [-0.2, 0) is 16.1 Å². The Morgan fingerprint density at radius 1 is 1.15 bits per heavy atom. The zero-order valence-corrected chi connectivity index (χ0v) is 19.5. The Kier molecular flexibility index (Phi) is 6.35. The number of amides is 2. The number of fused-ring (bicyclic) bond motifs is 1. The van der Waals surface area contributed by atoms with Gasteiger partial charge in [-0.1, -0.05) is 18.2 Å². The summed E-state index contributed by atoms with van der Waals surface area (Å²) in [6.45, 7) is 8.58. The van der Waals surface area contributed by atoms with Gasteiger partial charge in [0.2, 0.25) is 11.8 Å². The molecule has 174 valence electrons. The number of alkyl halides is 1. The molecule has 0 spiro atoms. The monoisotopic (exact) mass is 451 g/mol. The van der Waals surface area contributed by atoms with E-state index in [1.54, 1.807) is 0 Å². The Labute approximate surface area is 192 Å². The standard InChI is InChI=1S/C25H30FN5O2/c1-14-6-5-7-15(2)21(14)11-27-22-10-20(13-31-17(4)16(3)29-24(22)31)30-23(32)12-28-25(33)18-8-19(26)9-18/h5-7,10,13,18-19,27H,8-9,11-12H2,1-4H3,(H,28,33)(H,30,32). The normalized spacial score (nSPS) is 17.5. The summed E-state index contributed by atoms with van der Waals surface area (Å²) >= 11 is 0. The minimum absolute atomic E-state index is 0.155. The third kappa shape index (κ3) is 4.84. The summed E-state index contributed by atoms with van der Waals surface area (Å²) in [6, 6.07) is 8.08. The lowest BCUT2D eigenvalue weighted by molar-refractivity contribution is -0.131. The summed E-state index contributed by atoms with van der Waals surface area (Å²) in [5.41, 5.74) is 7.72. The Balaban J connectivity index is 1.50. The van der Waals surface area contributed by atoms with Crippen LogP contribution in [0.3, 0.4) is 0 Å². The first-order chi connectivity index (χ1) is 15.7. The lowest BCUT2D eigenvalue weighted by Gasteiger charge is -2.28. The molecular weight excluding hydrogens is 421 g/mol. The smallest absolute Gasteiger partial charge is 0.243 e. The second kappa shape index (κ2) is 9.21. The highest BCUT2D eigenvalue weighted by Gasteiger charge is 2.34. The number of anilines is 2. The van der Waals surface area contributed by atoms with Crippen LogP contribution in [0.2, 0.25) is 0 Å². The van der Waals surface area contributed by atoms with E-state index in [-0.39, 0.29) is 37.1 Å². The van der Waals surface area contributed by atoms with Crippen molar-refractivity contribution in [1.29, 1.82) is 0 Å². The molecule has 33 heavy (non-hydrogen) atoms. The van der Waals surface area contributed by atoms with Gasteiger partial charge in [-0.05, 0) is 63.3 Å². The van der Waals surface area contributed by atoms with Gasteiger partial charge in [0.15, 0.2) is 5.65 Å². The van der Waals surface area contributed by atoms with Crippen LogP contribution in [-0.4, -0.2) is 33.9 Å². The van der Waals surface area contributed by atoms with Gasteiger partial charge in [0.25, 0.3) is 0 Å². The molecule has 0 saturated heterocycles. The van der Waals surface area contributed by atoms with Crippen molar-refractivity contribution in [2.75, 3.05) is 17.2 Å². The summed E-state index contributed by atoms with van der Waals surface area (Å²) in [5.74, 6) is -0.943. The third-order valence-corrected chi connectivity index (χ3v) is 6.45. The first-order valence-corrected chi connectivity index (χ1v) is 11.2. The van der Waals surface area contributed by atoms with E-state index in [0.717, 1.165) is 22.7 Å². The molecule has 0 atom stereocenters. The fourth-order valence-electron chi connectivity index (χ4n) is 4.16. The summed E-state index contributed by atoms with van der Waals surface area (Å²) in [5, 5.41) is 8.94. The van der Waals surface area contributed by atoms with Crippen molar-refractivity contribution in [3.63, 3.8) is 0 Å². The van der Waals surface area contributed by atoms with Gasteiger partial charge >= 0.3 is 0 Å². The zero-order chi connectivity index (χ0) is 23.7. The molecule has 8 heteroatoms. The van der Waals surface area contributed by atoms with Crippen molar-refractivity contribution >= 4 is 28.8 Å². The van der Waals surface area contributed by atoms with Crippen molar-refractivity contribution < 1.29 is 14.0 Å². The average molecular weight is 452 g/mol.